The highest BCUT2D eigenvalue weighted by Gasteiger charge is 2.24. The van der Waals surface area contributed by atoms with Crippen molar-refractivity contribution in [3.63, 3.8) is 0 Å². The summed E-state index contributed by atoms with van der Waals surface area (Å²) < 4.78 is 40.4. The molecule has 2 rings (SSSR count). The Morgan fingerprint density at radius 1 is 1.11 bits per heavy atom. The van der Waals surface area contributed by atoms with Crippen molar-refractivity contribution in [1.29, 1.82) is 0 Å². The zero-order valence-electron chi connectivity index (χ0n) is 15.9. The smallest absolute Gasteiger partial charge is 0.306 e. The second-order valence-electron chi connectivity index (χ2n) is 7.41. The van der Waals surface area contributed by atoms with Gasteiger partial charge in [-0.25, -0.2) is 0 Å². The molecule has 0 saturated heterocycles. The van der Waals surface area contributed by atoms with Crippen molar-refractivity contribution in [2.24, 2.45) is 5.92 Å². The van der Waals surface area contributed by atoms with Crippen LogP contribution in [-0.4, -0.2) is 26.6 Å². The Hall–Kier alpha value is -2.12. The van der Waals surface area contributed by atoms with E-state index in [2.05, 4.69) is 0 Å². The van der Waals surface area contributed by atoms with Crippen LogP contribution in [0.15, 0.2) is 53.1 Å². The van der Waals surface area contributed by atoms with Gasteiger partial charge in [-0.05, 0) is 38.5 Å². The number of carbonyl (C=O) groups is 1. The van der Waals surface area contributed by atoms with Crippen molar-refractivity contribution in [3.8, 4) is 0 Å². The van der Waals surface area contributed by atoms with Crippen molar-refractivity contribution in [2.75, 3.05) is 6.61 Å². The van der Waals surface area contributed by atoms with Crippen LogP contribution < -0.4 is 0 Å². The summed E-state index contributed by atoms with van der Waals surface area (Å²) in [7, 11) is -3.76. The molecule has 0 amide bonds. The number of benzene rings is 1. The summed E-state index contributed by atoms with van der Waals surface area (Å²) in [5.74, 6) is -0.333. The molecule has 0 aliphatic rings. The van der Waals surface area contributed by atoms with Gasteiger partial charge in [0.1, 0.15) is 17.1 Å². The number of carbonyl (C=O) groups excluding carboxylic acids is 1. The molecule has 0 unspecified atom stereocenters. The summed E-state index contributed by atoms with van der Waals surface area (Å²) >= 11 is 0. The Balaban J connectivity index is 1.99. The van der Waals surface area contributed by atoms with Crippen molar-refractivity contribution in [2.45, 2.75) is 45.0 Å². The maximum atomic E-state index is 12.3. The number of furan rings is 1. The van der Waals surface area contributed by atoms with E-state index >= 15 is 0 Å². The standard InChI is InChI=1S/C20H26O6S/c1-20(2,3)26-19(21)13-17(12-18-10-7-11-24-18)14-25-27(22,23)15-16-8-5-4-6-9-16/h4-11,17H,12-15H2,1-3H3/t17-/m0/s1. The van der Waals surface area contributed by atoms with Crippen molar-refractivity contribution in [1.82, 2.24) is 0 Å². The first-order valence-corrected chi connectivity index (χ1v) is 10.4. The third kappa shape index (κ3) is 8.41. The second kappa shape index (κ2) is 9.19. The average molecular weight is 394 g/mol. The van der Waals surface area contributed by atoms with E-state index in [0.717, 1.165) is 0 Å². The van der Waals surface area contributed by atoms with Crippen LogP contribution in [0.4, 0.5) is 0 Å². The first-order valence-electron chi connectivity index (χ1n) is 8.78. The molecule has 0 spiro atoms. The molecular weight excluding hydrogens is 368 g/mol. The lowest BCUT2D eigenvalue weighted by Gasteiger charge is -2.22. The largest absolute Gasteiger partial charge is 0.469 e. The number of ether oxygens (including phenoxy) is 1. The molecule has 1 aromatic heterocycles. The molecule has 0 saturated carbocycles. The molecule has 0 aliphatic carbocycles. The van der Waals surface area contributed by atoms with Crippen LogP contribution in [0, 0.1) is 5.92 Å². The monoisotopic (exact) mass is 394 g/mol. The van der Waals surface area contributed by atoms with Gasteiger partial charge in [0.2, 0.25) is 0 Å². The minimum atomic E-state index is -3.76. The van der Waals surface area contributed by atoms with E-state index in [1.807, 2.05) is 6.07 Å². The SMILES string of the molecule is CC(C)(C)OC(=O)C[C@@H](COS(=O)(=O)Cc1ccccc1)Cc1ccco1. The summed E-state index contributed by atoms with van der Waals surface area (Å²) in [4.78, 5) is 12.2. The maximum absolute atomic E-state index is 12.3. The van der Waals surface area contributed by atoms with Gasteiger partial charge in [-0.1, -0.05) is 30.3 Å². The highest BCUT2D eigenvalue weighted by molar-refractivity contribution is 7.85. The molecule has 0 aliphatic heterocycles. The number of esters is 1. The molecule has 148 valence electrons. The van der Waals surface area contributed by atoms with Gasteiger partial charge in [-0.3, -0.25) is 8.98 Å². The zero-order valence-corrected chi connectivity index (χ0v) is 16.7. The third-order valence-electron chi connectivity index (χ3n) is 3.61. The van der Waals surface area contributed by atoms with Crippen LogP contribution in [0.25, 0.3) is 0 Å². The highest BCUT2D eigenvalue weighted by atomic mass is 32.2. The third-order valence-corrected chi connectivity index (χ3v) is 4.80. The first-order chi connectivity index (χ1) is 12.6. The van der Waals surface area contributed by atoms with Crippen LogP contribution in [0.1, 0.15) is 38.5 Å². The summed E-state index contributed by atoms with van der Waals surface area (Å²) in [6.45, 7) is 5.24. The van der Waals surface area contributed by atoms with E-state index < -0.39 is 21.7 Å². The predicted molar refractivity (Wildman–Crippen MR) is 101 cm³/mol. The average Bonchev–Trinajstić information content (AvgIpc) is 3.04. The predicted octanol–water partition coefficient (Wildman–Crippen LogP) is 3.72. The van der Waals surface area contributed by atoms with Crippen LogP contribution in [0.2, 0.25) is 0 Å². The quantitative estimate of drug-likeness (QED) is 0.476. The van der Waals surface area contributed by atoms with Gasteiger partial charge in [-0.2, -0.15) is 8.42 Å². The molecule has 0 N–H and O–H groups in total. The Labute approximate surface area is 160 Å². The molecule has 6 nitrogen and oxygen atoms in total. The first kappa shape index (κ1) is 21.2. The topological polar surface area (TPSA) is 82.8 Å². The maximum Gasteiger partial charge on any atom is 0.306 e. The molecule has 0 fully saturated rings. The molecule has 1 aromatic carbocycles. The molecule has 1 heterocycles. The van der Waals surface area contributed by atoms with E-state index in [-0.39, 0.29) is 24.7 Å². The van der Waals surface area contributed by atoms with E-state index in [0.29, 0.717) is 17.7 Å². The number of hydrogen-bond acceptors (Lipinski definition) is 6. The number of hydrogen-bond donors (Lipinski definition) is 0. The fraction of sp³-hybridized carbons (Fsp3) is 0.450. The Morgan fingerprint density at radius 2 is 1.81 bits per heavy atom. The lowest BCUT2D eigenvalue weighted by Crippen LogP contribution is -2.27. The zero-order chi connectivity index (χ0) is 19.9. The fourth-order valence-corrected chi connectivity index (χ4v) is 3.63. The molecule has 0 radical (unpaired) electrons. The summed E-state index contributed by atoms with van der Waals surface area (Å²) in [5, 5.41) is 0. The molecule has 2 aromatic rings. The summed E-state index contributed by atoms with van der Waals surface area (Å²) in [6, 6.07) is 12.3. The van der Waals surface area contributed by atoms with Crippen LogP contribution in [-0.2, 0) is 36.0 Å². The van der Waals surface area contributed by atoms with Crippen molar-refractivity contribution in [3.05, 3.63) is 60.1 Å². The minimum Gasteiger partial charge on any atom is -0.469 e. The lowest BCUT2D eigenvalue weighted by molar-refractivity contribution is -0.156. The normalized spacial score (nSPS) is 13.3. The van der Waals surface area contributed by atoms with E-state index in [1.165, 1.54) is 6.26 Å². The lowest BCUT2D eigenvalue weighted by atomic mass is 10.0. The molecule has 27 heavy (non-hydrogen) atoms. The van der Waals surface area contributed by atoms with Crippen LogP contribution in [0.5, 0.6) is 0 Å². The van der Waals surface area contributed by atoms with E-state index in [9.17, 15) is 13.2 Å². The fourth-order valence-electron chi connectivity index (χ4n) is 2.54. The highest BCUT2D eigenvalue weighted by Crippen LogP contribution is 2.19. The van der Waals surface area contributed by atoms with Gasteiger partial charge in [-0.15, -0.1) is 0 Å². The van der Waals surface area contributed by atoms with Crippen molar-refractivity contribution < 1.29 is 26.5 Å². The second-order valence-corrected chi connectivity index (χ2v) is 9.05. The van der Waals surface area contributed by atoms with E-state index in [4.69, 9.17) is 13.3 Å². The van der Waals surface area contributed by atoms with Gasteiger partial charge in [0.25, 0.3) is 10.1 Å². The van der Waals surface area contributed by atoms with Gasteiger partial charge >= 0.3 is 5.97 Å². The van der Waals surface area contributed by atoms with Gasteiger partial charge < -0.3 is 9.15 Å². The minimum absolute atomic E-state index is 0.0405. The molecule has 1 atom stereocenters. The Bertz CT molecular complexity index is 804. The number of rotatable bonds is 9. The van der Waals surface area contributed by atoms with Crippen LogP contribution >= 0.6 is 0 Å². The summed E-state index contributed by atoms with van der Waals surface area (Å²) in [6.07, 6.45) is 1.96. The van der Waals surface area contributed by atoms with E-state index in [1.54, 1.807) is 57.2 Å². The molecular formula is C20H26O6S. The van der Waals surface area contributed by atoms with Gasteiger partial charge in [0, 0.05) is 12.3 Å². The Kier molecular flexibility index (Phi) is 7.21. The Morgan fingerprint density at radius 3 is 2.41 bits per heavy atom. The van der Waals surface area contributed by atoms with Gasteiger partial charge in [0.05, 0.1) is 19.3 Å². The van der Waals surface area contributed by atoms with Crippen molar-refractivity contribution >= 4 is 16.1 Å². The van der Waals surface area contributed by atoms with Gasteiger partial charge in [0.15, 0.2) is 0 Å². The molecule has 7 heteroatoms. The summed E-state index contributed by atoms with van der Waals surface area (Å²) in [5.41, 5.74) is 0.0410. The van der Waals surface area contributed by atoms with Crippen LogP contribution in [0.3, 0.4) is 0 Å². The molecule has 0 bridgehead atoms.